The molecule has 1 atom stereocenters. The third kappa shape index (κ3) is 7.06. The van der Waals surface area contributed by atoms with Crippen molar-refractivity contribution in [2.24, 2.45) is 5.92 Å². The van der Waals surface area contributed by atoms with Gasteiger partial charge in [0.2, 0.25) is 0 Å². The first-order chi connectivity index (χ1) is 17.9. The number of rotatable bonds is 7. The molecule has 4 rings (SSSR count). The van der Waals surface area contributed by atoms with E-state index in [1.54, 1.807) is 12.1 Å². The van der Waals surface area contributed by atoms with Gasteiger partial charge in [-0.1, -0.05) is 30.7 Å². The molecule has 0 aliphatic carbocycles. The van der Waals surface area contributed by atoms with Crippen molar-refractivity contribution in [3.8, 4) is 0 Å². The Labute approximate surface area is 224 Å². The highest BCUT2D eigenvalue weighted by molar-refractivity contribution is 7.92. The van der Waals surface area contributed by atoms with Gasteiger partial charge in [0.15, 0.2) is 0 Å². The summed E-state index contributed by atoms with van der Waals surface area (Å²) in [6.07, 6.45) is -2.28. The molecule has 1 aliphatic rings. The van der Waals surface area contributed by atoms with Crippen molar-refractivity contribution < 1.29 is 26.4 Å². The summed E-state index contributed by atoms with van der Waals surface area (Å²) in [6.45, 7) is 5.23. The first-order valence-electron chi connectivity index (χ1n) is 12.0. The predicted octanol–water partition coefficient (Wildman–Crippen LogP) is 6.64. The van der Waals surface area contributed by atoms with E-state index in [-0.39, 0.29) is 16.5 Å². The minimum Gasteiger partial charge on any atom is -0.322 e. The van der Waals surface area contributed by atoms with Crippen LogP contribution in [0.5, 0.6) is 0 Å². The lowest BCUT2D eigenvalue weighted by Gasteiger charge is -2.30. The van der Waals surface area contributed by atoms with Crippen LogP contribution in [0.25, 0.3) is 0 Å². The molecule has 3 aromatic carbocycles. The lowest BCUT2D eigenvalue weighted by molar-refractivity contribution is -0.137. The van der Waals surface area contributed by atoms with Gasteiger partial charge in [-0.3, -0.25) is 14.4 Å². The molecule has 38 heavy (non-hydrogen) atoms. The topological polar surface area (TPSA) is 78.5 Å². The molecule has 3 aromatic rings. The van der Waals surface area contributed by atoms with E-state index in [9.17, 15) is 26.4 Å². The predicted molar refractivity (Wildman–Crippen MR) is 142 cm³/mol. The number of nitrogens with zero attached hydrogens (tertiary/aromatic N) is 1. The number of amides is 1. The molecule has 1 heterocycles. The number of hydrogen-bond donors (Lipinski definition) is 2. The Morgan fingerprint density at radius 2 is 1.68 bits per heavy atom. The third-order valence-electron chi connectivity index (χ3n) is 6.31. The van der Waals surface area contributed by atoms with Gasteiger partial charge in [0.25, 0.3) is 15.9 Å². The fourth-order valence-electron chi connectivity index (χ4n) is 4.39. The first-order valence-corrected chi connectivity index (χ1v) is 13.9. The highest BCUT2D eigenvalue weighted by Crippen LogP contribution is 2.36. The van der Waals surface area contributed by atoms with Gasteiger partial charge in [-0.15, -0.1) is 0 Å². The number of benzene rings is 3. The number of carbonyl (C=O) groups is 1. The number of hydrogen-bond acceptors (Lipinski definition) is 4. The van der Waals surface area contributed by atoms with Crippen LogP contribution in [0, 0.1) is 5.92 Å². The van der Waals surface area contributed by atoms with Crippen molar-refractivity contribution in [1.29, 1.82) is 0 Å². The molecule has 202 valence electrons. The van der Waals surface area contributed by atoms with Gasteiger partial charge in [-0.05, 0) is 85.5 Å². The molecule has 6 nitrogen and oxygen atoms in total. The Bertz CT molecular complexity index is 1400. The second-order valence-electron chi connectivity index (χ2n) is 9.46. The van der Waals surface area contributed by atoms with Crippen molar-refractivity contribution in [3.05, 3.63) is 88.4 Å². The molecule has 0 radical (unpaired) electrons. The molecule has 1 saturated heterocycles. The SMILES string of the molecule is C[C@@H]1CCCN(Cc2ccc(C(=O)Nc3ccc(S(=O)(=O)Nc4ccc(Cl)c(C(F)(F)F)c4)cc3)cc2)C1. The molecule has 0 saturated carbocycles. The summed E-state index contributed by atoms with van der Waals surface area (Å²) < 4.78 is 66.7. The van der Waals surface area contributed by atoms with Crippen LogP contribution in [0.3, 0.4) is 0 Å². The van der Waals surface area contributed by atoms with Gasteiger partial charge in [-0.25, -0.2) is 8.42 Å². The summed E-state index contributed by atoms with van der Waals surface area (Å²) in [6, 6.07) is 15.4. The zero-order valence-electron chi connectivity index (χ0n) is 20.6. The van der Waals surface area contributed by atoms with Crippen LogP contribution in [-0.4, -0.2) is 32.3 Å². The maximum Gasteiger partial charge on any atom is 0.417 e. The highest BCUT2D eigenvalue weighted by atomic mass is 35.5. The van der Waals surface area contributed by atoms with Gasteiger partial charge >= 0.3 is 6.18 Å². The fourth-order valence-corrected chi connectivity index (χ4v) is 5.66. The number of likely N-dealkylation sites (tertiary alicyclic amines) is 1. The Morgan fingerprint density at radius 3 is 2.32 bits per heavy atom. The fraction of sp³-hybridized carbons (Fsp3) is 0.296. The Balaban J connectivity index is 1.38. The number of carbonyl (C=O) groups excluding carboxylic acids is 1. The Kier molecular flexibility index (Phi) is 8.34. The summed E-state index contributed by atoms with van der Waals surface area (Å²) >= 11 is 5.59. The number of sulfonamides is 1. The van der Waals surface area contributed by atoms with Crippen molar-refractivity contribution >= 4 is 38.9 Å². The summed E-state index contributed by atoms with van der Waals surface area (Å²) in [4.78, 5) is 14.9. The van der Waals surface area contributed by atoms with Gasteiger partial charge in [0.1, 0.15) is 0 Å². The van der Waals surface area contributed by atoms with E-state index >= 15 is 0 Å². The molecule has 0 bridgehead atoms. The van der Waals surface area contributed by atoms with Gasteiger partial charge in [0, 0.05) is 30.0 Å². The zero-order chi connectivity index (χ0) is 27.5. The second-order valence-corrected chi connectivity index (χ2v) is 11.5. The average molecular weight is 566 g/mol. The highest BCUT2D eigenvalue weighted by Gasteiger charge is 2.33. The molecular formula is C27H27ClF3N3O3S. The summed E-state index contributed by atoms with van der Waals surface area (Å²) in [5.74, 6) is 0.336. The van der Waals surface area contributed by atoms with Crippen molar-refractivity contribution in [2.45, 2.75) is 37.4 Å². The number of anilines is 2. The molecule has 0 aromatic heterocycles. The third-order valence-corrected chi connectivity index (χ3v) is 8.04. The molecule has 1 aliphatic heterocycles. The number of nitrogens with one attached hydrogen (secondary N) is 2. The minimum absolute atomic E-state index is 0.185. The Morgan fingerprint density at radius 1 is 1.03 bits per heavy atom. The molecule has 11 heteroatoms. The van der Waals surface area contributed by atoms with Crippen LogP contribution in [0.1, 0.15) is 41.3 Å². The van der Waals surface area contributed by atoms with E-state index in [0.717, 1.165) is 37.3 Å². The van der Waals surface area contributed by atoms with E-state index in [4.69, 9.17) is 11.6 Å². The van der Waals surface area contributed by atoms with Crippen LogP contribution in [0.15, 0.2) is 71.6 Å². The molecular weight excluding hydrogens is 539 g/mol. The molecule has 0 spiro atoms. The zero-order valence-corrected chi connectivity index (χ0v) is 22.1. The quantitative estimate of drug-likeness (QED) is 0.336. The van der Waals surface area contributed by atoms with Crippen LogP contribution in [-0.2, 0) is 22.7 Å². The summed E-state index contributed by atoms with van der Waals surface area (Å²) in [5.41, 5.74) is 0.526. The maximum absolute atomic E-state index is 13.1. The summed E-state index contributed by atoms with van der Waals surface area (Å²) in [5, 5.41) is 2.18. The molecule has 1 amide bonds. The average Bonchev–Trinajstić information content (AvgIpc) is 2.85. The monoisotopic (exact) mass is 565 g/mol. The van der Waals surface area contributed by atoms with Crippen LogP contribution in [0.2, 0.25) is 5.02 Å². The number of halogens is 4. The molecule has 1 fully saturated rings. The van der Waals surface area contributed by atoms with Gasteiger partial charge in [0.05, 0.1) is 15.5 Å². The summed E-state index contributed by atoms with van der Waals surface area (Å²) in [7, 11) is -4.18. The van der Waals surface area contributed by atoms with Crippen molar-refractivity contribution in [2.75, 3.05) is 23.1 Å². The van der Waals surface area contributed by atoms with Crippen molar-refractivity contribution in [3.63, 3.8) is 0 Å². The lowest BCUT2D eigenvalue weighted by Crippen LogP contribution is -2.33. The van der Waals surface area contributed by atoms with Crippen LogP contribution < -0.4 is 10.0 Å². The Hall–Kier alpha value is -3.08. The van der Waals surface area contributed by atoms with E-state index < -0.39 is 26.8 Å². The minimum atomic E-state index is -4.73. The standard InChI is InChI=1S/C27H27ClF3N3O3S/c1-18-3-2-14-34(16-18)17-19-4-6-20(7-5-19)26(35)32-21-8-11-23(12-9-21)38(36,37)33-22-10-13-25(28)24(15-22)27(29,30)31/h4-13,15,18,33H,2-3,14,16-17H2,1H3,(H,32,35)/t18-/m1/s1. The number of alkyl halides is 3. The molecule has 0 unspecified atom stereocenters. The van der Waals surface area contributed by atoms with Crippen LogP contribution >= 0.6 is 11.6 Å². The normalized spacial score (nSPS) is 16.7. The van der Waals surface area contributed by atoms with Gasteiger partial charge in [-0.2, -0.15) is 13.2 Å². The largest absolute Gasteiger partial charge is 0.417 e. The maximum atomic E-state index is 13.1. The second kappa shape index (κ2) is 11.3. The smallest absolute Gasteiger partial charge is 0.322 e. The first kappa shape index (κ1) is 27.9. The number of piperidine rings is 1. The lowest BCUT2D eigenvalue weighted by atomic mass is 9.99. The van der Waals surface area contributed by atoms with Crippen LogP contribution in [0.4, 0.5) is 24.5 Å². The van der Waals surface area contributed by atoms with E-state index in [1.807, 2.05) is 12.1 Å². The van der Waals surface area contributed by atoms with E-state index in [1.165, 1.54) is 37.1 Å². The van der Waals surface area contributed by atoms with E-state index in [2.05, 4.69) is 21.9 Å². The van der Waals surface area contributed by atoms with E-state index in [0.29, 0.717) is 23.2 Å². The molecule has 2 N–H and O–H groups in total. The van der Waals surface area contributed by atoms with Crippen molar-refractivity contribution in [1.82, 2.24) is 4.90 Å². The van der Waals surface area contributed by atoms with Gasteiger partial charge < -0.3 is 5.32 Å².